The van der Waals surface area contributed by atoms with E-state index in [2.05, 4.69) is 10.2 Å². The van der Waals surface area contributed by atoms with E-state index in [1.54, 1.807) is 0 Å². The second-order valence-corrected chi connectivity index (χ2v) is 6.79. The highest BCUT2D eigenvalue weighted by Crippen LogP contribution is 2.23. The molecule has 24 heavy (non-hydrogen) atoms. The third-order valence-electron chi connectivity index (χ3n) is 4.85. The Morgan fingerprint density at radius 2 is 1.58 bits per heavy atom. The SMILES string of the molecule is O=C(CN1CCCCCCC1)Nc1ccc(N2CCCC2=O)cc1. The maximum Gasteiger partial charge on any atom is 0.238 e. The minimum Gasteiger partial charge on any atom is -0.325 e. The Morgan fingerprint density at radius 3 is 2.21 bits per heavy atom. The minimum atomic E-state index is 0.0422. The van der Waals surface area contributed by atoms with E-state index in [1.807, 2.05) is 29.2 Å². The molecule has 0 spiro atoms. The van der Waals surface area contributed by atoms with Gasteiger partial charge < -0.3 is 10.2 Å². The van der Waals surface area contributed by atoms with Crippen molar-refractivity contribution in [3.05, 3.63) is 24.3 Å². The monoisotopic (exact) mass is 329 g/mol. The molecule has 5 heteroatoms. The zero-order valence-electron chi connectivity index (χ0n) is 14.3. The second kappa shape index (κ2) is 8.29. The zero-order chi connectivity index (χ0) is 16.8. The summed E-state index contributed by atoms with van der Waals surface area (Å²) in [5.41, 5.74) is 1.71. The lowest BCUT2D eigenvalue weighted by Crippen LogP contribution is -2.35. The number of nitrogens with zero attached hydrogens (tertiary/aromatic N) is 2. The number of likely N-dealkylation sites (tertiary alicyclic amines) is 1. The van der Waals surface area contributed by atoms with E-state index < -0.39 is 0 Å². The van der Waals surface area contributed by atoms with Gasteiger partial charge in [-0.2, -0.15) is 0 Å². The van der Waals surface area contributed by atoms with E-state index in [0.717, 1.165) is 37.4 Å². The Kier molecular flexibility index (Phi) is 5.86. The van der Waals surface area contributed by atoms with Gasteiger partial charge in [0.25, 0.3) is 0 Å². The molecule has 0 aliphatic carbocycles. The first-order valence-corrected chi connectivity index (χ1v) is 9.15. The van der Waals surface area contributed by atoms with Crippen LogP contribution in [0.4, 0.5) is 11.4 Å². The molecule has 0 saturated carbocycles. The summed E-state index contributed by atoms with van der Waals surface area (Å²) in [5.74, 6) is 0.226. The maximum absolute atomic E-state index is 12.3. The number of carbonyl (C=O) groups excluding carboxylic acids is 2. The van der Waals surface area contributed by atoms with Crippen molar-refractivity contribution in [2.24, 2.45) is 0 Å². The molecule has 2 amide bonds. The van der Waals surface area contributed by atoms with Crippen molar-refractivity contribution in [2.45, 2.75) is 44.9 Å². The summed E-state index contributed by atoms with van der Waals surface area (Å²) in [5, 5.41) is 2.97. The predicted molar refractivity (Wildman–Crippen MR) is 96.2 cm³/mol. The molecule has 0 atom stereocenters. The molecular weight excluding hydrogens is 302 g/mol. The van der Waals surface area contributed by atoms with Crippen molar-refractivity contribution in [2.75, 3.05) is 36.4 Å². The number of hydrogen-bond acceptors (Lipinski definition) is 3. The molecular formula is C19H27N3O2. The smallest absolute Gasteiger partial charge is 0.238 e. The van der Waals surface area contributed by atoms with E-state index in [0.29, 0.717) is 13.0 Å². The van der Waals surface area contributed by atoms with Crippen LogP contribution in [0.1, 0.15) is 44.9 Å². The van der Waals surface area contributed by atoms with Crippen molar-refractivity contribution in [1.82, 2.24) is 4.90 Å². The molecule has 0 bridgehead atoms. The molecule has 2 aliphatic heterocycles. The number of hydrogen-bond donors (Lipinski definition) is 1. The van der Waals surface area contributed by atoms with Crippen molar-refractivity contribution < 1.29 is 9.59 Å². The van der Waals surface area contributed by atoms with E-state index in [4.69, 9.17) is 0 Å². The van der Waals surface area contributed by atoms with Gasteiger partial charge in [-0.05, 0) is 56.6 Å². The second-order valence-electron chi connectivity index (χ2n) is 6.79. The van der Waals surface area contributed by atoms with Gasteiger partial charge in [-0.25, -0.2) is 0 Å². The molecule has 5 nitrogen and oxygen atoms in total. The first kappa shape index (κ1) is 17.0. The largest absolute Gasteiger partial charge is 0.325 e. The number of benzene rings is 1. The van der Waals surface area contributed by atoms with Gasteiger partial charge in [-0.15, -0.1) is 0 Å². The van der Waals surface area contributed by atoms with Crippen LogP contribution in [0.15, 0.2) is 24.3 Å². The molecule has 2 fully saturated rings. The Bertz CT molecular complexity index is 562. The van der Waals surface area contributed by atoms with Crippen LogP contribution in [0, 0.1) is 0 Å². The van der Waals surface area contributed by atoms with Crippen LogP contribution in [0.5, 0.6) is 0 Å². The summed E-state index contributed by atoms with van der Waals surface area (Å²) in [6, 6.07) is 7.59. The molecule has 2 aliphatic rings. The Labute approximate surface area is 144 Å². The highest BCUT2D eigenvalue weighted by Gasteiger charge is 2.21. The topological polar surface area (TPSA) is 52.7 Å². The van der Waals surface area contributed by atoms with Gasteiger partial charge in [-0.1, -0.05) is 19.3 Å². The van der Waals surface area contributed by atoms with Crippen LogP contribution in [0.25, 0.3) is 0 Å². The average molecular weight is 329 g/mol. The van der Waals surface area contributed by atoms with Gasteiger partial charge in [0.2, 0.25) is 11.8 Å². The molecule has 0 radical (unpaired) electrons. The Morgan fingerprint density at radius 1 is 0.917 bits per heavy atom. The van der Waals surface area contributed by atoms with Crippen LogP contribution in [-0.4, -0.2) is 42.9 Å². The number of amides is 2. The summed E-state index contributed by atoms with van der Waals surface area (Å²) in [6.07, 6.45) is 7.80. The highest BCUT2D eigenvalue weighted by molar-refractivity contribution is 5.96. The molecule has 1 aromatic rings. The van der Waals surface area contributed by atoms with Crippen molar-refractivity contribution in [1.29, 1.82) is 0 Å². The summed E-state index contributed by atoms with van der Waals surface area (Å²) in [4.78, 5) is 28.1. The van der Waals surface area contributed by atoms with Gasteiger partial charge in [0.15, 0.2) is 0 Å². The molecule has 1 N–H and O–H groups in total. The van der Waals surface area contributed by atoms with E-state index in [-0.39, 0.29) is 11.8 Å². The number of anilines is 2. The lowest BCUT2D eigenvalue weighted by Gasteiger charge is -2.23. The normalized spacial score (nSPS) is 19.8. The van der Waals surface area contributed by atoms with Crippen LogP contribution in [-0.2, 0) is 9.59 Å². The highest BCUT2D eigenvalue weighted by atomic mass is 16.2. The van der Waals surface area contributed by atoms with E-state index >= 15 is 0 Å². The van der Waals surface area contributed by atoms with Gasteiger partial charge in [0.1, 0.15) is 0 Å². The molecule has 130 valence electrons. The standard InChI is InChI=1S/C19H27N3O2/c23-18(15-21-12-4-2-1-3-5-13-21)20-16-8-10-17(11-9-16)22-14-6-7-19(22)24/h8-11H,1-7,12-15H2,(H,20,23). The van der Waals surface area contributed by atoms with E-state index in [1.165, 1.54) is 32.1 Å². The maximum atomic E-state index is 12.3. The molecule has 2 saturated heterocycles. The van der Waals surface area contributed by atoms with Crippen molar-refractivity contribution in [3.8, 4) is 0 Å². The fraction of sp³-hybridized carbons (Fsp3) is 0.579. The Balaban J connectivity index is 1.51. The van der Waals surface area contributed by atoms with Crippen LogP contribution in [0.2, 0.25) is 0 Å². The van der Waals surface area contributed by atoms with E-state index in [9.17, 15) is 9.59 Å². The molecule has 3 rings (SSSR count). The fourth-order valence-corrected chi connectivity index (χ4v) is 3.52. The van der Waals surface area contributed by atoms with Crippen LogP contribution >= 0.6 is 0 Å². The summed E-state index contributed by atoms with van der Waals surface area (Å²) in [6.45, 7) is 3.29. The Hall–Kier alpha value is -1.88. The summed E-state index contributed by atoms with van der Waals surface area (Å²) in [7, 11) is 0. The summed E-state index contributed by atoms with van der Waals surface area (Å²) >= 11 is 0. The van der Waals surface area contributed by atoms with Crippen LogP contribution in [0.3, 0.4) is 0 Å². The molecule has 0 unspecified atom stereocenters. The first-order valence-electron chi connectivity index (χ1n) is 9.15. The quantitative estimate of drug-likeness (QED) is 0.924. The molecule has 0 aromatic heterocycles. The van der Waals surface area contributed by atoms with Gasteiger partial charge in [0.05, 0.1) is 6.54 Å². The zero-order valence-corrected chi connectivity index (χ0v) is 14.3. The first-order chi connectivity index (χ1) is 11.7. The fourth-order valence-electron chi connectivity index (χ4n) is 3.52. The minimum absolute atomic E-state index is 0.0422. The van der Waals surface area contributed by atoms with Crippen molar-refractivity contribution >= 4 is 23.2 Å². The van der Waals surface area contributed by atoms with Crippen LogP contribution < -0.4 is 10.2 Å². The summed E-state index contributed by atoms with van der Waals surface area (Å²) < 4.78 is 0. The van der Waals surface area contributed by atoms with Gasteiger partial charge >= 0.3 is 0 Å². The lowest BCUT2D eigenvalue weighted by molar-refractivity contribution is -0.118. The third kappa shape index (κ3) is 4.57. The third-order valence-corrected chi connectivity index (χ3v) is 4.85. The molecule has 1 aromatic carbocycles. The molecule has 2 heterocycles. The number of rotatable bonds is 4. The lowest BCUT2D eigenvalue weighted by atomic mass is 10.1. The average Bonchev–Trinajstić information content (AvgIpc) is 2.97. The van der Waals surface area contributed by atoms with Gasteiger partial charge in [0, 0.05) is 24.3 Å². The van der Waals surface area contributed by atoms with Gasteiger partial charge in [-0.3, -0.25) is 14.5 Å². The van der Waals surface area contributed by atoms with Crippen molar-refractivity contribution in [3.63, 3.8) is 0 Å². The number of nitrogens with one attached hydrogen (secondary N) is 1. The predicted octanol–water partition coefficient (Wildman–Crippen LogP) is 3.02. The number of carbonyl (C=O) groups is 2.